The number of ether oxygens (including phenoxy) is 1. The molecule has 0 radical (unpaired) electrons. The SMILES string of the molecule is CN=C(NCCCc1nc2c(s1)CCCC2)NCC1(CCOC)CCCC1. The molecule has 0 bridgehead atoms. The van der Waals surface area contributed by atoms with Crippen molar-refractivity contribution >= 4 is 17.3 Å². The first-order chi connectivity index (χ1) is 13.2. The zero-order chi connectivity index (χ0) is 19.0. The van der Waals surface area contributed by atoms with E-state index in [1.807, 2.05) is 18.4 Å². The van der Waals surface area contributed by atoms with E-state index in [4.69, 9.17) is 9.72 Å². The summed E-state index contributed by atoms with van der Waals surface area (Å²) in [5.74, 6) is 0.928. The lowest BCUT2D eigenvalue weighted by molar-refractivity contribution is 0.138. The van der Waals surface area contributed by atoms with Gasteiger partial charge >= 0.3 is 0 Å². The van der Waals surface area contributed by atoms with E-state index in [0.717, 1.165) is 44.9 Å². The Balaban J connectivity index is 1.38. The Morgan fingerprint density at radius 1 is 1.19 bits per heavy atom. The first-order valence-electron chi connectivity index (χ1n) is 10.7. The number of methoxy groups -OCH3 is 1. The lowest BCUT2D eigenvalue weighted by atomic mass is 9.83. The zero-order valence-electron chi connectivity index (χ0n) is 17.1. The van der Waals surface area contributed by atoms with Gasteiger partial charge in [-0.3, -0.25) is 4.99 Å². The molecule has 6 heteroatoms. The number of aliphatic imine (C=N–C) groups is 1. The number of guanidine groups is 1. The quantitative estimate of drug-likeness (QED) is 0.382. The van der Waals surface area contributed by atoms with Crippen LogP contribution in [0.3, 0.4) is 0 Å². The summed E-state index contributed by atoms with van der Waals surface area (Å²) < 4.78 is 5.33. The van der Waals surface area contributed by atoms with Crippen molar-refractivity contribution in [2.24, 2.45) is 10.4 Å². The minimum absolute atomic E-state index is 0.383. The molecule has 1 aromatic heterocycles. The summed E-state index contributed by atoms with van der Waals surface area (Å²) in [6.07, 6.45) is 13.7. The largest absolute Gasteiger partial charge is 0.385 e. The van der Waals surface area contributed by atoms with E-state index < -0.39 is 0 Å². The van der Waals surface area contributed by atoms with Crippen molar-refractivity contribution < 1.29 is 4.74 Å². The summed E-state index contributed by atoms with van der Waals surface area (Å²) in [5.41, 5.74) is 1.76. The smallest absolute Gasteiger partial charge is 0.190 e. The third-order valence-electron chi connectivity index (χ3n) is 6.10. The number of nitrogens with one attached hydrogen (secondary N) is 2. The second-order valence-corrected chi connectivity index (χ2v) is 9.26. The number of thiazole rings is 1. The molecule has 152 valence electrons. The van der Waals surface area contributed by atoms with Crippen LogP contribution >= 0.6 is 11.3 Å². The van der Waals surface area contributed by atoms with Crippen molar-refractivity contribution in [2.45, 2.75) is 70.6 Å². The van der Waals surface area contributed by atoms with Gasteiger partial charge in [0, 0.05) is 45.2 Å². The molecular formula is C21H36N4OS. The molecule has 2 N–H and O–H groups in total. The Bertz CT molecular complexity index is 584. The predicted octanol–water partition coefficient (Wildman–Crippen LogP) is 3.72. The van der Waals surface area contributed by atoms with Crippen LogP contribution < -0.4 is 10.6 Å². The van der Waals surface area contributed by atoms with Gasteiger partial charge in [0.25, 0.3) is 0 Å². The molecule has 3 rings (SSSR count). The molecule has 1 saturated carbocycles. The maximum atomic E-state index is 5.33. The van der Waals surface area contributed by atoms with Crippen LogP contribution in [0.15, 0.2) is 4.99 Å². The van der Waals surface area contributed by atoms with Crippen molar-refractivity contribution in [1.82, 2.24) is 15.6 Å². The Kier molecular flexibility index (Phi) is 7.94. The predicted molar refractivity (Wildman–Crippen MR) is 114 cm³/mol. The van der Waals surface area contributed by atoms with E-state index in [1.54, 1.807) is 12.0 Å². The Morgan fingerprint density at radius 3 is 2.74 bits per heavy atom. The fourth-order valence-corrected chi connectivity index (χ4v) is 5.61. The van der Waals surface area contributed by atoms with Crippen molar-refractivity contribution in [3.63, 3.8) is 0 Å². The lowest BCUT2D eigenvalue weighted by Crippen LogP contribution is -2.43. The van der Waals surface area contributed by atoms with Gasteiger partial charge in [0.15, 0.2) is 5.96 Å². The minimum Gasteiger partial charge on any atom is -0.385 e. The lowest BCUT2D eigenvalue weighted by Gasteiger charge is -2.29. The fraction of sp³-hybridized carbons (Fsp3) is 0.810. The molecule has 1 fully saturated rings. The first-order valence-corrected chi connectivity index (χ1v) is 11.5. The van der Waals surface area contributed by atoms with Crippen LogP contribution in [0.1, 0.15) is 66.9 Å². The second kappa shape index (κ2) is 10.4. The van der Waals surface area contributed by atoms with Crippen LogP contribution in [0.4, 0.5) is 0 Å². The standard InChI is InChI=1S/C21H36N4OS/c1-22-20(24-16-21(13-15-26-2)11-5-6-12-21)23-14-7-10-19-25-17-8-3-4-9-18(17)27-19/h3-16H2,1-2H3,(H2,22,23,24). The monoisotopic (exact) mass is 392 g/mol. The van der Waals surface area contributed by atoms with Crippen LogP contribution in [0.25, 0.3) is 0 Å². The van der Waals surface area contributed by atoms with E-state index in [2.05, 4.69) is 15.6 Å². The molecule has 1 heterocycles. The third kappa shape index (κ3) is 5.92. The van der Waals surface area contributed by atoms with E-state index in [-0.39, 0.29) is 0 Å². The highest BCUT2D eigenvalue weighted by molar-refractivity contribution is 7.11. The average Bonchev–Trinajstić information content (AvgIpc) is 3.33. The average molecular weight is 393 g/mol. The summed E-state index contributed by atoms with van der Waals surface area (Å²) in [5, 5.41) is 8.37. The van der Waals surface area contributed by atoms with E-state index in [0.29, 0.717) is 5.41 Å². The number of aromatic nitrogens is 1. The number of rotatable bonds is 9. The van der Waals surface area contributed by atoms with Crippen molar-refractivity contribution in [3.8, 4) is 0 Å². The summed E-state index contributed by atoms with van der Waals surface area (Å²) in [7, 11) is 3.66. The van der Waals surface area contributed by atoms with Crippen LogP contribution in [-0.4, -0.2) is 44.8 Å². The van der Waals surface area contributed by atoms with Gasteiger partial charge in [-0.15, -0.1) is 11.3 Å². The summed E-state index contributed by atoms with van der Waals surface area (Å²) in [4.78, 5) is 10.8. The molecule has 0 amide bonds. The number of nitrogens with zero attached hydrogens (tertiary/aromatic N) is 2. The maximum absolute atomic E-state index is 5.33. The minimum atomic E-state index is 0.383. The van der Waals surface area contributed by atoms with Gasteiger partial charge < -0.3 is 15.4 Å². The Morgan fingerprint density at radius 2 is 2.00 bits per heavy atom. The second-order valence-electron chi connectivity index (χ2n) is 8.09. The van der Waals surface area contributed by atoms with Gasteiger partial charge in [-0.2, -0.15) is 0 Å². The number of hydrogen-bond donors (Lipinski definition) is 2. The van der Waals surface area contributed by atoms with Gasteiger partial charge in [-0.25, -0.2) is 4.98 Å². The fourth-order valence-electron chi connectivity index (χ4n) is 4.41. The molecule has 0 atom stereocenters. The highest BCUT2D eigenvalue weighted by Crippen LogP contribution is 2.40. The summed E-state index contributed by atoms with van der Waals surface area (Å²) in [6.45, 7) is 2.79. The van der Waals surface area contributed by atoms with Crippen molar-refractivity contribution in [3.05, 3.63) is 15.6 Å². The molecule has 0 spiro atoms. The van der Waals surface area contributed by atoms with Crippen LogP contribution in [0, 0.1) is 5.41 Å². The van der Waals surface area contributed by atoms with Crippen molar-refractivity contribution in [1.29, 1.82) is 0 Å². The van der Waals surface area contributed by atoms with E-state index in [9.17, 15) is 0 Å². The highest BCUT2D eigenvalue weighted by Gasteiger charge is 2.33. The topological polar surface area (TPSA) is 58.5 Å². The zero-order valence-corrected chi connectivity index (χ0v) is 17.9. The van der Waals surface area contributed by atoms with Gasteiger partial charge in [0.2, 0.25) is 0 Å². The van der Waals surface area contributed by atoms with Gasteiger partial charge in [0.1, 0.15) is 0 Å². The molecule has 2 aliphatic carbocycles. The van der Waals surface area contributed by atoms with Crippen molar-refractivity contribution in [2.75, 3.05) is 33.9 Å². The van der Waals surface area contributed by atoms with Gasteiger partial charge in [-0.1, -0.05) is 12.8 Å². The molecule has 5 nitrogen and oxygen atoms in total. The van der Waals surface area contributed by atoms with Gasteiger partial charge in [0.05, 0.1) is 10.7 Å². The highest BCUT2D eigenvalue weighted by atomic mass is 32.1. The molecule has 0 aromatic carbocycles. The molecule has 0 unspecified atom stereocenters. The molecule has 2 aliphatic rings. The normalized spacial score (nSPS) is 19.1. The molecule has 0 saturated heterocycles. The summed E-state index contributed by atoms with van der Waals surface area (Å²) >= 11 is 1.94. The molecular weight excluding hydrogens is 356 g/mol. The number of aryl methyl sites for hydroxylation is 3. The number of fused-ring (bicyclic) bond motifs is 1. The Hall–Kier alpha value is -1.14. The third-order valence-corrected chi connectivity index (χ3v) is 7.32. The van der Waals surface area contributed by atoms with E-state index >= 15 is 0 Å². The molecule has 27 heavy (non-hydrogen) atoms. The number of hydrogen-bond acceptors (Lipinski definition) is 4. The van der Waals surface area contributed by atoms with Crippen LogP contribution in [0.2, 0.25) is 0 Å². The molecule has 0 aliphatic heterocycles. The van der Waals surface area contributed by atoms with Gasteiger partial charge in [-0.05, 0) is 56.8 Å². The first kappa shape index (κ1) is 20.6. The van der Waals surface area contributed by atoms with E-state index in [1.165, 1.54) is 62.1 Å². The van der Waals surface area contributed by atoms with Crippen LogP contribution in [-0.2, 0) is 24.0 Å². The molecule has 1 aromatic rings. The Labute approximate surface area is 168 Å². The van der Waals surface area contributed by atoms with Crippen LogP contribution in [0.5, 0.6) is 0 Å². The summed E-state index contributed by atoms with van der Waals surface area (Å²) in [6, 6.07) is 0. The maximum Gasteiger partial charge on any atom is 0.190 e.